The second-order valence-electron chi connectivity index (χ2n) is 8.93. The van der Waals surface area contributed by atoms with Crippen molar-refractivity contribution in [2.24, 2.45) is 5.41 Å². The molecule has 1 spiro atoms. The van der Waals surface area contributed by atoms with Crippen molar-refractivity contribution < 1.29 is 0 Å². The number of fused-ring (bicyclic) bond motifs is 2. The lowest BCUT2D eigenvalue weighted by atomic mass is 9.64. The molecule has 0 bridgehead atoms. The lowest BCUT2D eigenvalue weighted by Gasteiger charge is -2.47. The van der Waals surface area contributed by atoms with Crippen molar-refractivity contribution in [2.75, 3.05) is 25.9 Å². The van der Waals surface area contributed by atoms with Gasteiger partial charge >= 0.3 is 0 Å². The molecule has 1 atom stereocenters. The van der Waals surface area contributed by atoms with Gasteiger partial charge in [-0.1, -0.05) is 57.0 Å². The van der Waals surface area contributed by atoms with Crippen LogP contribution in [-0.4, -0.2) is 30.8 Å². The Morgan fingerprint density at radius 3 is 2.54 bits per heavy atom. The minimum absolute atomic E-state index is 0.436. The molecule has 1 unspecified atom stereocenters. The summed E-state index contributed by atoms with van der Waals surface area (Å²) in [5.41, 5.74) is 4.08. The zero-order chi connectivity index (χ0) is 17.2. The molecule has 1 N–H and O–H groups in total. The Labute approximate surface area is 152 Å². The Morgan fingerprint density at radius 2 is 1.88 bits per heavy atom. The zero-order valence-corrected chi connectivity index (χ0v) is 16.7. The van der Waals surface area contributed by atoms with E-state index in [0.29, 0.717) is 16.9 Å². The molecule has 1 aliphatic heterocycles. The summed E-state index contributed by atoms with van der Waals surface area (Å²) < 4.78 is 3.61. The van der Waals surface area contributed by atoms with Crippen LogP contribution in [0.5, 0.6) is 0 Å². The van der Waals surface area contributed by atoms with Crippen LogP contribution in [0.4, 0.5) is 0 Å². The molecule has 3 rings (SSSR count). The minimum atomic E-state index is 0.436. The average Bonchev–Trinajstić information content (AvgIpc) is 2.57. The van der Waals surface area contributed by atoms with Gasteiger partial charge in [-0.2, -0.15) is 0 Å². The summed E-state index contributed by atoms with van der Waals surface area (Å²) in [5, 5.41) is 0. The van der Waals surface area contributed by atoms with Gasteiger partial charge in [0.1, 0.15) is 0 Å². The smallest absolute Gasteiger partial charge is 0.0424 e. The second-order valence-corrected chi connectivity index (χ2v) is 9.58. The third kappa shape index (κ3) is 4.00. The van der Waals surface area contributed by atoms with Crippen LogP contribution in [0.3, 0.4) is 0 Å². The molecule has 1 fully saturated rings. The highest BCUT2D eigenvalue weighted by Gasteiger charge is 2.41. The molecule has 134 valence electrons. The van der Waals surface area contributed by atoms with Crippen LogP contribution in [0.15, 0.2) is 24.3 Å². The Bertz CT molecular complexity index is 541. The Balaban J connectivity index is 1.70. The van der Waals surface area contributed by atoms with E-state index < -0.39 is 0 Å². The molecule has 0 aromatic heterocycles. The molecule has 1 aromatic carbocycles. The van der Waals surface area contributed by atoms with Crippen LogP contribution < -0.4 is 4.72 Å². The van der Waals surface area contributed by atoms with Gasteiger partial charge in [0.05, 0.1) is 0 Å². The van der Waals surface area contributed by atoms with E-state index in [4.69, 9.17) is 0 Å². The predicted molar refractivity (Wildman–Crippen MR) is 106 cm³/mol. The van der Waals surface area contributed by atoms with Gasteiger partial charge < -0.3 is 4.90 Å². The summed E-state index contributed by atoms with van der Waals surface area (Å²) in [6.07, 6.45) is 8.73. The fourth-order valence-corrected chi connectivity index (χ4v) is 5.01. The first kappa shape index (κ1) is 18.3. The third-order valence-corrected chi connectivity index (χ3v) is 6.59. The van der Waals surface area contributed by atoms with E-state index >= 15 is 0 Å². The van der Waals surface area contributed by atoms with Crippen LogP contribution in [0.2, 0.25) is 0 Å². The van der Waals surface area contributed by atoms with Crippen molar-refractivity contribution in [2.45, 2.75) is 64.3 Å². The van der Waals surface area contributed by atoms with Gasteiger partial charge in [-0.15, -0.1) is 0 Å². The van der Waals surface area contributed by atoms with Crippen molar-refractivity contribution in [1.82, 2.24) is 9.62 Å². The monoisotopic (exact) mass is 346 g/mol. The lowest BCUT2D eigenvalue weighted by Crippen LogP contribution is -2.46. The summed E-state index contributed by atoms with van der Waals surface area (Å²) in [7, 11) is 0. The first-order chi connectivity index (χ1) is 11.4. The van der Waals surface area contributed by atoms with Crippen molar-refractivity contribution in [3.05, 3.63) is 35.4 Å². The number of nitrogens with zero attached hydrogens (tertiary/aromatic N) is 1. The van der Waals surface area contributed by atoms with E-state index in [2.05, 4.69) is 60.9 Å². The minimum Gasteiger partial charge on any atom is -0.303 e. The highest BCUT2D eigenvalue weighted by atomic mass is 32.2. The van der Waals surface area contributed by atoms with E-state index in [1.165, 1.54) is 51.7 Å². The number of hydrogen-bond donors (Lipinski definition) is 1. The quantitative estimate of drug-likeness (QED) is 0.758. The standard InChI is InChI=1S/C21H34N2S/c1-20(2,3)11-14-23-15-12-21(13-16-23)10-9-19(22-24-4)17-7-5-6-8-18(17)21/h5-8,19,22H,9-16H2,1-4H3. The number of likely N-dealkylation sites (tertiary alicyclic amines) is 1. The van der Waals surface area contributed by atoms with Gasteiger partial charge in [-0.3, -0.25) is 4.72 Å². The normalized spacial score (nSPS) is 24.1. The highest BCUT2D eigenvalue weighted by molar-refractivity contribution is 7.96. The second kappa shape index (κ2) is 7.39. The van der Waals surface area contributed by atoms with E-state index in [0.717, 1.165) is 0 Å². The van der Waals surface area contributed by atoms with Gasteiger partial charge in [0.25, 0.3) is 0 Å². The molecule has 0 amide bonds. The maximum Gasteiger partial charge on any atom is 0.0424 e. The summed E-state index contributed by atoms with van der Waals surface area (Å²) in [5.74, 6) is 0. The predicted octanol–water partition coefficient (Wildman–Crippen LogP) is 5.16. The summed E-state index contributed by atoms with van der Waals surface area (Å²) >= 11 is 1.76. The number of benzene rings is 1. The fourth-order valence-electron chi connectivity index (χ4n) is 4.48. The Morgan fingerprint density at radius 1 is 1.17 bits per heavy atom. The van der Waals surface area contributed by atoms with Gasteiger partial charge in [0.15, 0.2) is 0 Å². The molecule has 2 aliphatic rings. The van der Waals surface area contributed by atoms with Gasteiger partial charge in [-0.25, -0.2) is 0 Å². The first-order valence-electron chi connectivity index (χ1n) is 9.54. The Kier molecular flexibility index (Phi) is 5.63. The van der Waals surface area contributed by atoms with Gasteiger partial charge in [0, 0.05) is 6.04 Å². The lowest BCUT2D eigenvalue weighted by molar-refractivity contribution is 0.128. The van der Waals surface area contributed by atoms with Gasteiger partial charge in [-0.05, 0) is 80.0 Å². The number of hydrogen-bond acceptors (Lipinski definition) is 3. The molecule has 1 heterocycles. The van der Waals surface area contributed by atoms with E-state index in [1.54, 1.807) is 23.1 Å². The van der Waals surface area contributed by atoms with Crippen molar-refractivity contribution >= 4 is 11.9 Å². The molecule has 1 aromatic rings. The molecular weight excluding hydrogens is 312 g/mol. The fraction of sp³-hybridized carbons (Fsp3) is 0.714. The van der Waals surface area contributed by atoms with Crippen LogP contribution in [0.1, 0.15) is 70.0 Å². The topological polar surface area (TPSA) is 15.3 Å². The molecule has 1 saturated heterocycles. The van der Waals surface area contributed by atoms with Crippen LogP contribution in [-0.2, 0) is 5.41 Å². The number of piperidine rings is 1. The molecule has 0 radical (unpaired) electrons. The van der Waals surface area contributed by atoms with E-state index in [1.807, 2.05) is 0 Å². The first-order valence-corrected chi connectivity index (χ1v) is 10.8. The molecule has 0 saturated carbocycles. The van der Waals surface area contributed by atoms with Crippen molar-refractivity contribution in [3.63, 3.8) is 0 Å². The van der Waals surface area contributed by atoms with Crippen LogP contribution in [0, 0.1) is 5.41 Å². The molecule has 24 heavy (non-hydrogen) atoms. The van der Waals surface area contributed by atoms with Crippen molar-refractivity contribution in [1.29, 1.82) is 0 Å². The highest BCUT2D eigenvalue weighted by Crippen LogP contribution is 2.48. The van der Waals surface area contributed by atoms with Crippen molar-refractivity contribution in [3.8, 4) is 0 Å². The maximum atomic E-state index is 3.61. The molecule has 2 nitrogen and oxygen atoms in total. The summed E-state index contributed by atoms with van der Waals surface area (Å²) in [4.78, 5) is 2.70. The number of nitrogens with one attached hydrogen (secondary N) is 1. The van der Waals surface area contributed by atoms with E-state index in [-0.39, 0.29) is 0 Å². The van der Waals surface area contributed by atoms with Gasteiger partial charge in [0.2, 0.25) is 0 Å². The molecular formula is C21H34N2S. The number of rotatable bonds is 4. The zero-order valence-electron chi connectivity index (χ0n) is 15.9. The molecule has 3 heteroatoms. The summed E-state index contributed by atoms with van der Waals surface area (Å²) in [6, 6.07) is 9.75. The largest absolute Gasteiger partial charge is 0.303 e. The SMILES string of the molecule is CSNC1CCC2(CCN(CCC(C)(C)C)CC2)c2ccccc21. The van der Waals surface area contributed by atoms with Crippen LogP contribution in [0.25, 0.3) is 0 Å². The van der Waals surface area contributed by atoms with Crippen LogP contribution >= 0.6 is 11.9 Å². The summed E-state index contributed by atoms with van der Waals surface area (Å²) in [6.45, 7) is 10.9. The Hall–Kier alpha value is -0.510. The third-order valence-electron chi connectivity index (χ3n) is 6.07. The maximum absolute atomic E-state index is 3.61. The average molecular weight is 347 g/mol. The van der Waals surface area contributed by atoms with E-state index in [9.17, 15) is 0 Å². The molecule has 1 aliphatic carbocycles.